The second-order valence-corrected chi connectivity index (χ2v) is 2.58. The molecule has 8 heavy (non-hydrogen) atoms. The monoisotopic (exact) mass is 196 g/mol. The van der Waals surface area contributed by atoms with Crippen LogP contribution in [0.2, 0.25) is 0 Å². The molecular weight excluding hydrogens is 194 g/mol. The number of halogens is 1. The maximum absolute atomic E-state index is 10.2. The van der Waals surface area contributed by atoms with Crippen LogP contribution in [-0.4, -0.2) is 28.2 Å². The molecule has 0 saturated heterocycles. The molecule has 0 fully saturated rings. The van der Waals surface area contributed by atoms with Crippen LogP contribution in [0.5, 0.6) is 0 Å². The molecule has 5 heteroatoms. The quantitative estimate of drug-likeness (QED) is 0.465. The fraction of sp³-hybridized carbons (Fsp3) is 0. The van der Waals surface area contributed by atoms with Crippen molar-refractivity contribution in [3.63, 3.8) is 0 Å². The van der Waals surface area contributed by atoms with E-state index in [1.165, 1.54) is 6.20 Å². The SMILES string of the molecule is O=C(Cl)c1cn[se]n1. The second kappa shape index (κ2) is 2.40. The van der Waals surface area contributed by atoms with Crippen molar-refractivity contribution < 1.29 is 4.79 Å². The fourth-order valence-corrected chi connectivity index (χ4v) is 1.32. The number of hydrogen-bond acceptors (Lipinski definition) is 3. The summed E-state index contributed by atoms with van der Waals surface area (Å²) in [5, 5.41) is -0.520. The third kappa shape index (κ3) is 1.15. The van der Waals surface area contributed by atoms with Crippen molar-refractivity contribution in [1.82, 2.24) is 7.96 Å². The second-order valence-electron chi connectivity index (χ2n) is 1.07. The van der Waals surface area contributed by atoms with Gasteiger partial charge in [-0.05, 0) is 0 Å². The third-order valence-electron chi connectivity index (χ3n) is 0.563. The summed E-state index contributed by atoms with van der Waals surface area (Å²) in [6, 6.07) is 0. The summed E-state index contributed by atoms with van der Waals surface area (Å²) in [5.74, 6) is 0. The Morgan fingerprint density at radius 1 is 1.88 bits per heavy atom. The van der Waals surface area contributed by atoms with Gasteiger partial charge in [0.1, 0.15) is 0 Å². The van der Waals surface area contributed by atoms with Crippen LogP contribution in [0.1, 0.15) is 10.5 Å². The molecule has 3 nitrogen and oxygen atoms in total. The molecule has 0 aliphatic rings. The van der Waals surface area contributed by atoms with Crippen LogP contribution < -0.4 is 0 Å². The number of carbonyl (C=O) groups excluding carboxylic acids is 1. The van der Waals surface area contributed by atoms with Crippen molar-refractivity contribution >= 4 is 31.8 Å². The van der Waals surface area contributed by atoms with E-state index < -0.39 is 5.24 Å². The van der Waals surface area contributed by atoms with Gasteiger partial charge in [-0.2, -0.15) is 0 Å². The van der Waals surface area contributed by atoms with Crippen LogP contribution in [0.4, 0.5) is 0 Å². The first-order valence-corrected chi connectivity index (χ1v) is 3.69. The minimum atomic E-state index is -0.520. The van der Waals surface area contributed by atoms with Crippen LogP contribution in [-0.2, 0) is 0 Å². The molecule has 1 rings (SSSR count). The standard InChI is InChI=1S/C3HClN2OSe/c4-3(7)2-1-5-8-6-2/h1H. The first-order chi connectivity index (χ1) is 3.80. The molecule has 0 spiro atoms. The maximum atomic E-state index is 10.2. The Bertz CT molecular complexity index is 185. The van der Waals surface area contributed by atoms with Crippen LogP contribution in [0.25, 0.3) is 0 Å². The van der Waals surface area contributed by atoms with E-state index in [4.69, 9.17) is 11.6 Å². The van der Waals surface area contributed by atoms with Gasteiger partial charge in [-0.15, -0.1) is 0 Å². The molecule has 0 unspecified atom stereocenters. The van der Waals surface area contributed by atoms with Gasteiger partial charge in [0, 0.05) is 0 Å². The molecule has 0 bridgehead atoms. The Labute approximate surface area is 56.9 Å². The minimum absolute atomic E-state index is 0.125. The number of rotatable bonds is 1. The van der Waals surface area contributed by atoms with Gasteiger partial charge in [0.25, 0.3) is 0 Å². The van der Waals surface area contributed by atoms with Crippen LogP contribution in [0, 0.1) is 0 Å². The summed E-state index contributed by atoms with van der Waals surface area (Å²) in [7, 11) is 0. The van der Waals surface area contributed by atoms with E-state index in [-0.39, 0.29) is 20.7 Å². The fourth-order valence-electron chi connectivity index (χ4n) is 0.251. The molecule has 0 amide bonds. The number of hydrogen-bond donors (Lipinski definition) is 0. The number of aromatic nitrogens is 2. The predicted molar refractivity (Wildman–Crippen MR) is 29.2 cm³/mol. The number of carbonyl (C=O) groups is 1. The van der Waals surface area contributed by atoms with Gasteiger partial charge in [0.05, 0.1) is 0 Å². The van der Waals surface area contributed by atoms with Gasteiger partial charge in [0.15, 0.2) is 0 Å². The van der Waals surface area contributed by atoms with Crippen molar-refractivity contribution in [2.24, 2.45) is 0 Å². The molecule has 1 aromatic heterocycles. The summed E-state index contributed by atoms with van der Waals surface area (Å²) in [5.41, 5.74) is 0.284. The molecule has 0 aliphatic heterocycles. The normalized spacial score (nSPS) is 9.12. The molecule has 0 N–H and O–H groups in total. The van der Waals surface area contributed by atoms with Gasteiger partial charge in [-0.1, -0.05) is 0 Å². The Morgan fingerprint density at radius 2 is 2.62 bits per heavy atom. The summed E-state index contributed by atoms with van der Waals surface area (Å²) in [6.45, 7) is 0. The molecular formula is C3HClN2OSe. The molecule has 42 valence electrons. The molecule has 0 aliphatic carbocycles. The molecule has 0 radical (unpaired) electrons. The van der Waals surface area contributed by atoms with Crippen molar-refractivity contribution in [3.05, 3.63) is 11.9 Å². The predicted octanol–water partition coefficient (Wildman–Crippen LogP) is -0.0874. The van der Waals surface area contributed by atoms with Crippen molar-refractivity contribution in [2.75, 3.05) is 0 Å². The molecule has 0 saturated carbocycles. The van der Waals surface area contributed by atoms with Crippen LogP contribution in [0.3, 0.4) is 0 Å². The van der Waals surface area contributed by atoms with Gasteiger partial charge in [-0.3, -0.25) is 0 Å². The zero-order valence-corrected chi connectivity index (χ0v) is 6.14. The van der Waals surface area contributed by atoms with E-state index in [0.717, 1.165) is 0 Å². The molecule has 0 atom stereocenters. The van der Waals surface area contributed by atoms with Gasteiger partial charge >= 0.3 is 56.4 Å². The van der Waals surface area contributed by atoms with E-state index in [2.05, 4.69) is 7.96 Å². The molecule has 1 heterocycles. The number of nitrogens with zero attached hydrogens (tertiary/aromatic N) is 2. The summed E-state index contributed by atoms with van der Waals surface area (Å²) >= 11 is 4.91. The van der Waals surface area contributed by atoms with Gasteiger partial charge < -0.3 is 0 Å². The van der Waals surface area contributed by atoms with Crippen LogP contribution >= 0.6 is 11.6 Å². The van der Waals surface area contributed by atoms with Crippen LogP contribution in [0.15, 0.2) is 6.20 Å². The molecule has 1 aromatic rings. The van der Waals surface area contributed by atoms with E-state index in [1.54, 1.807) is 0 Å². The Kier molecular flexibility index (Phi) is 1.78. The van der Waals surface area contributed by atoms with Gasteiger partial charge in [-0.25, -0.2) is 0 Å². The first-order valence-electron chi connectivity index (χ1n) is 1.78. The average Bonchev–Trinajstić information content (AvgIpc) is 2.12. The zero-order valence-electron chi connectivity index (χ0n) is 3.67. The van der Waals surface area contributed by atoms with E-state index in [1.807, 2.05) is 0 Å². The Morgan fingerprint density at radius 3 is 2.88 bits per heavy atom. The Hall–Kier alpha value is -0.181. The van der Waals surface area contributed by atoms with E-state index in [9.17, 15) is 4.79 Å². The summed E-state index contributed by atoms with van der Waals surface area (Å²) in [6.07, 6.45) is 1.40. The van der Waals surface area contributed by atoms with E-state index >= 15 is 0 Å². The zero-order chi connectivity index (χ0) is 5.98. The van der Waals surface area contributed by atoms with Crippen molar-refractivity contribution in [1.29, 1.82) is 0 Å². The summed E-state index contributed by atoms with van der Waals surface area (Å²) in [4.78, 5) is 10.2. The van der Waals surface area contributed by atoms with Gasteiger partial charge in [0.2, 0.25) is 0 Å². The average molecular weight is 195 g/mol. The van der Waals surface area contributed by atoms with Crippen molar-refractivity contribution in [2.45, 2.75) is 0 Å². The van der Waals surface area contributed by atoms with E-state index in [0.29, 0.717) is 0 Å². The Balaban J connectivity index is 2.93. The van der Waals surface area contributed by atoms with Crippen molar-refractivity contribution in [3.8, 4) is 0 Å². The molecule has 0 aromatic carbocycles. The summed E-state index contributed by atoms with van der Waals surface area (Å²) < 4.78 is 7.43. The first kappa shape index (κ1) is 5.95. The third-order valence-corrected chi connectivity index (χ3v) is 1.76. The topological polar surface area (TPSA) is 42.9 Å².